The zero-order valence-electron chi connectivity index (χ0n) is 14.3. The van der Waals surface area contributed by atoms with E-state index in [0.717, 1.165) is 36.2 Å². The molecule has 1 aliphatic rings. The molecule has 0 fully saturated rings. The highest BCUT2D eigenvalue weighted by Crippen LogP contribution is 2.31. The van der Waals surface area contributed by atoms with E-state index < -0.39 is 0 Å². The SMILES string of the molecule is CC(=O)c1c(C)[nH]c(C(=O)NC2CCCc3cc(N)ccc32)c1C. The van der Waals surface area contributed by atoms with Gasteiger partial charge in [0.1, 0.15) is 5.69 Å². The van der Waals surface area contributed by atoms with E-state index in [1.165, 1.54) is 12.5 Å². The maximum absolute atomic E-state index is 12.7. The van der Waals surface area contributed by atoms with Gasteiger partial charge in [-0.2, -0.15) is 0 Å². The molecule has 1 amide bonds. The van der Waals surface area contributed by atoms with Crippen LogP contribution in [-0.2, 0) is 6.42 Å². The summed E-state index contributed by atoms with van der Waals surface area (Å²) in [6, 6.07) is 5.85. The van der Waals surface area contributed by atoms with Gasteiger partial charge in [-0.25, -0.2) is 0 Å². The second-order valence-corrected chi connectivity index (χ2v) is 6.56. The van der Waals surface area contributed by atoms with Gasteiger partial charge in [0.2, 0.25) is 0 Å². The minimum Gasteiger partial charge on any atom is -0.399 e. The Morgan fingerprint density at radius 2 is 2.04 bits per heavy atom. The topological polar surface area (TPSA) is 88.0 Å². The monoisotopic (exact) mass is 325 g/mol. The van der Waals surface area contributed by atoms with Crippen LogP contribution in [0.15, 0.2) is 18.2 Å². The molecular formula is C19H23N3O2. The number of nitrogens with two attached hydrogens (primary N) is 1. The Labute approximate surface area is 141 Å². The Hall–Kier alpha value is -2.56. The van der Waals surface area contributed by atoms with Crippen LogP contribution in [0.25, 0.3) is 0 Å². The molecule has 0 radical (unpaired) electrons. The highest BCUT2D eigenvalue weighted by Gasteiger charge is 2.25. The normalized spacial score (nSPS) is 16.5. The molecule has 0 saturated heterocycles. The van der Waals surface area contributed by atoms with Gasteiger partial charge in [-0.15, -0.1) is 0 Å². The largest absolute Gasteiger partial charge is 0.399 e. The molecule has 4 N–H and O–H groups in total. The van der Waals surface area contributed by atoms with E-state index >= 15 is 0 Å². The molecule has 1 aliphatic carbocycles. The second kappa shape index (κ2) is 6.15. The standard InChI is InChI=1S/C19H23N3O2/c1-10-17(12(3)23)11(2)21-18(10)19(24)22-16-6-4-5-13-9-14(20)7-8-15(13)16/h7-9,16,21H,4-6,20H2,1-3H3,(H,22,24). The summed E-state index contributed by atoms with van der Waals surface area (Å²) in [5.41, 5.74) is 11.5. The molecule has 2 aromatic rings. The average Bonchev–Trinajstić information content (AvgIpc) is 2.82. The van der Waals surface area contributed by atoms with Crippen LogP contribution in [0.2, 0.25) is 0 Å². The molecule has 1 unspecified atom stereocenters. The molecule has 0 bridgehead atoms. The number of Topliss-reactive ketones (excluding diaryl/α,β-unsaturated/α-hetero) is 1. The van der Waals surface area contributed by atoms with E-state index in [2.05, 4.69) is 10.3 Å². The van der Waals surface area contributed by atoms with Crippen molar-refractivity contribution in [2.75, 3.05) is 5.73 Å². The third-order valence-electron chi connectivity index (χ3n) is 4.80. The molecule has 24 heavy (non-hydrogen) atoms. The average molecular weight is 325 g/mol. The van der Waals surface area contributed by atoms with Crippen LogP contribution in [0.5, 0.6) is 0 Å². The Kier molecular flexibility index (Phi) is 4.18. The second-order valence-electron chi connectivity index (χ2n) is 6.56. The fourth-order valence-corrected chi connectivity index (χ4v) is 3.72. The van der Waals surface area contributed by atoms with Gasteiger partial charge in [0.05, 0.1) is 6.04 Å². The maximum Gasteiger partial charge on any atom is 0.268 e. The summed E-state index contributed by atoms with van der Waals surface area (Å²) >= 11 is 0. The zero-order chi connectivity index (χ0) is 17.4. The highest BCUT2D eigenvalue weighted by molar-refractivity contribution is 6.02. The maximum atomic E-state index is 12.7. The first-order chi connectivity index (χ1) is 11.4. The smallest absolute Gasteiger partial charge is 0.268 e. The van der Waals surface area contributed by atoms with Crippen LogP contribution in [0.1, 0.15) is 69.0 Å². The van der Waals surface area contributed by atoms with Crippen molar-refractivity contribution in [2.24, 2.45) is 0 Å². The first-order valence-electron chi connectivity index (χ1n) is 8.27. The Morgan fingerprint density at radius 1 is 1.29 bits per heavy atom. The number of carbonyl (C=O) groups excluding carboxylic acids is 2. The van der Waals surface area contributed by atoms with E-state index in [-0.39, 0.29) is 17.7 Å². The van der Waals surface area contributed by atoms with Gasteiger partial charge in [-0.3, -0.25) is 9.59 Å². The molecule has 5 heteroatoms. The summed E-state index contributed by atoms with van der Waals surface area (Å²) in [6.07, 6.45) is 2.91. The molecular weight excluding hydrogens is 302 g/mol. The molecule has 1 aromatic carbocycles. The van der Waals surface area contributed by atoms with Gasteiger partial charge in [-0.1, -0.05) is 6.07 Å². The number of H-pyrrole nitrogens is 1. The van der Waals surface area contributed by atoms with Crippen molar-refractivity contribution in [1.82, 2.24) is 10.3 Å². The van der Waals surface area contributed by atoms with Crippen molar-refractivity contribution < 1.29 is 9.59 Å². The first-order valence-corrected chi connectivity index (χ1v) is 8.27. The van der Waals surface area contributed by atoms with Crippen molar-refractivity contribution in [3.8, 4) is 0 Å². The molecule has 3 rings (SSSR count). The number of carbonyl (C=O) groups is 2. The van der Waals surface area contributed by atoms with E-state index in [1.807, 2.05) is 32.0 Å². The van der Waals surface area contributed by atoms with Gasteiger partial charge < -0.3 is 16.0 Å². The van der Waals surface area contributed by atoms with Crippen LogP contribution in [0, 0.1) is 13.8 Å². The van der Waals surface area contributed by atoms with Gasteiger partial charge in [-0.05, 0) is 68.9 Å². The number of anilines is 1. The molecule has 1 heterocycles. The minimum atomic E-state index is -0.169. The van der Waals surface area contributed by atoms with Crippen LogP contribution >= 0.6 is 0 Å². The van der Waals surface area contributed by atoms with Gasteiger partial charge in [0.25, 0.3) is 5.91 Å². The van der Waals surface area contributed by atoms with Crippen molar-refractivity contribution in [3.63, 3.8) is 0 Å². The number of hydrogen-bond acceptors (Lipinski definition) is 3. The lowest BCUT2D eigenvalue weighted by Crippen LogP contribution is -2.31. The van der Waals surface area contributed by atoms with Crippen molar-refractivity contribution in [1.29, 1.82) is 0 Å². The summed E-state index contributed by atoms with van der Waals surface area (Å²) < 4.78 is 0. The Morgan fingerprint density at radius 3 is 2.71 bits per heavy atom. The van der Waals surface area contributed by atoms with Crippen LogP contribution in [-0.4, -0.2) is 16.7 Å². The van der Waals surface area contributed by atoms with Crippen molar-refractivity contribution in [3.05, 3.63) is 51.8 Å². The Balaban J connectivity index is 1.87. The lowest BCUT2D eigenvalue weighted by Gasteiger charge is -2.26. The molecule has 1 atom stereocenters. The summed E-state index contributed by atoms with van der Waals surface area (Å²) in [5, 5.41) is 3.11. The number of amides is 1. The lowest BCUT2D eigenvalue weighted by atomic mass is 9.87. The van der Waals surface area contributed by atoms with E-state index in [4.69, 9.17) is 5.73 Å². The third kappa shape index (κ3) is 2.82. The summed E-state index contributed by atoms with van der Waals surface area (Å²) in [6.45, 7) is 5.15. The minimum absolute atomic E-state index is 0.0226. The number of aromatic amines is 1. The Bertz CT molecular complexity index is 820. The predicted molar refractivity (Wildman–Crippen MR) is 94.3 cm³/mol. The number of fused-ring (bicyclic) bond motifs is 1. The fraction of sp³-hybridized carbons (Fsp3) is 0.368. The molecule has 0 aliphatic heterocycles. The highest BCUT2D eigenvalue weighted by atomic mass is 16.2. The molecule has 1 aromatic heterocycles. The molecule has 5 nitrogen and oxygen atoms in total. The van der Waals surface area contributed by atoms with Crippen LogP contribution in [0.4, 0.5) is 5.69 Å². The van der Waals surface area contributed by atoms with E-state index in [1.54, 1.807) is 0 Å². The van der Waals surface area contributed by atoms with Gasteiger partial charge in [0.15, 0.2) is 5.78 Å². The summed E-state index contributed by atoms with van der Waals surface area (Å²) in [4.78, 5) is 27.5. The molecule has 0 saturated carbocycles. The number of nitrogens with one attached hydrogen (secondary N) is 2. The van der Waals surface area contributed by atoms with Crippen molar-refractivity contribution in [2.45, 2.75) is 46.1 Å². The number of benzene rings is 1. The van der Waals surface area contributed by atoms with E-state index in [9.17, 15) is 9.59 Å². The van der Waals surface area contributed by atoms with Crippen LogP contribution in [0.3, 0.4) is 0 Å². The summed E-state index contributed by atoms with van der Waals surface area (Å²) in [7, 11) is 0. The van der Waals surface area contributed by atoms with Gasteiger partial charge >= 0.3 is 0 Å². The fourth-order valence-electron chi connectivity index (χ4n) is 3.72. The summed E-state index contributed by atoms with van der Waals surface area (Å²) in [5.74, 6) is -0.198. The number of ketones is 1. The molecule has 0 spiro atoms. The lowest BCUT2D eigenvalue weighted by molar-refractivity contribution is 0.0927. The van der Waals surface area contributed by atoms with Gasteiger partial charge in [0, 0.05) is 16.9 Å². The number of aromatic nitrogens is 1. The number of nitrogen functional groups attached to an aromatic ring is 1. The molecule has 126 valence electrons. The quantitative estimate of drug-likeness (QED) is 0.598. The van der Waals surface area contributed by atoms with E-state index in [0.29, 0.717) is 16.8 Å². The van der Waals surface area contributed by atoms with Crippen LogP contribution < -0.4 is 11.1 Å². The zero-order valence-corrected chi connectivity index (χ0v) is 14.3. The number of rotatable bonds is 3. The predicted octanol–water partition coefficient (Wildman–Crippen LogP) is 3.22. The number of aryl methyl sites for hydroxylation is 2. The van der Waals surface area contributed by atoms with Crippen molar-refractivity contribution >= 4 is 17.4 Å². The third-order valence-corrected chi connectivity index (χ3v) is 4.80. The number of hydrogen-bond donors (Lipinski definition) is 3. The first kappa shape index (κ1) is 16.3.